The first-order valence-electron chi connectivity index (χ1n) is 9.45. The van der Waals surface area contributed by atoms with Gasteiger partial charge in [-0.1, -0.05) is 19.1 Å². The molecule has 0 aliphatic rings. The van der Waals surface area contributed by atoms with Crippen LogP contribution in [0.4, 0.5) is 0 Å². The Balaban J connectivity index is 1.78. The van der Waals surface area contributed by atoms with Gasteiger partial charge in [0, 0.05) is 39.6 Å². The fourth-order valence-electron chi connectivity index (χ4n) is 2.58. The Bertz CT molecular complexity index is 773. The molecule has 9 heteroatoms. The van der Waals surface area contributed by atoms with Crippen molar-refractivity contribution in [2.45, 2.75) is 33.4 Å². The van der Waals surface area contributed by atoms with Crippen molar-refractivity contribution in [1.29, 1.82) is 0 Å². The van der Waals surface area contributed by atoms with E-state index in [-0.39, 0.29) is 12.5 Å². The lowest BCUT2D eigenvalue weighted by molar-refractivity contribution is -0.122. The van der Waals surface area contributed by atoms with E-state index in [9.17, 15) is 4.79 Å². The number of hydrogen-bond acceptors (Lipinski definition) is 5. The van der Waals surface area contributed by atoms with Gasteiger partial charge in [-0.05, 0) is 24.6 Å². The van der Waals surface area contributed by atoms with Gasteiger partial charge in [0.2, 0.25) is 0 Å². The predicted molar refractivity (Wildman–Crippen MR) is 108 cm³/mol. The fraction of sp³-hybridized carbons (Fsp3) is 0.474. The molecule has 2 rings (SSSR count). The molecule has 2 aromatic rings. The van der Waals surface area contributed by atoms with E-state index in [4.69, 9.17) is 4.74 Å². The number of rotatable bonds is 10. The third-order valence-electron chi connectivity index (χ3n) is 3.98. The van der Waals surface area contributed by atoms with Crippen molar-refractivity contribution in [2.75, 3.05) is 26.7 Å². The normalized spacial score (nSPS) is 11.2. The minimum absolute atomic E-state index is 0.0107. The Labute approximate surface area is 165 Å². The smallest absolute Gasteiger partial charge is 0.257 e. The van der Waals surface area contributed by atoms with Crippen LogP contribution >= 0.6 is 0 Å². The Morgan fingerprint density at radius 3 is 2.86 bits per heavy atom. The van der Waals surface area contributed by atoms with E-state index in [1.54, 1.807) is 13.4 Å². The highest BCUT2D eigenvalue weighted by atomic mass is 16.5. The predicted octanol–water partition coefficient (Wildman–Crippen LogP) is 0.721. The lowest BCUT2D eigenvalue weighted by Gasteiger charge is -2.13. The van der Waals surface area contributed by atoms with Gasteiger partial charge in [-0.25, -0.2) is 0 Å². The van der Waals surface area contributed by atoms with Gasteiger partial charge in [-0.2, -0.15) is 0 Å². The summed E-state index contributed by atoms with van der Waals surface area (Å²) < 4.78 is 7.55. The third-order valence-corrected chi connectivity index (χ3v) is 3.98. The van der Waals surface area contributed by atoms with Crippen molar-refractivity contribution in [3.63, 3.8) is 0 Å². The highest BCUT2D eigenvalue weighted by Crippen LogP contribution is 2.13. The minimum Gasteiger partial charge on any atom is -0.484 e. The highest BCUT2D eigenvalue weighted by molar-refractivity contribution is 5.79. The number of nitrogens with zero attached hydrogens (tertiary/aromatic N) is 4. The average molecular weight is 387 g/mol. The SMILES string of the molecule is CCNC(=O)COc1cccc(CNC(=NC)NCCn2cnnc2CC)c1. The fourth-order valence-corrected chi connectivity index (χ4v) is 2.58. The molecule has 0 saturated heterocycles. The van der Waals surface area contributed by atoms with Crippen LogP contribution in [0.25, 0.3) is 0 Å². The summed E-state index contributed by atoms with van der Waals surface area (Å²) in [4.78, 5) is 15.7. The lowest BCUT2D eigenvalue weighted by atomic mass is 10.2. The van der Waals surface area contributed by atoms with Crippen LogP contribution in [0, 0.1) is 0 Å². The molecular formula is C19H29N7O2. The number of aryl methyl sites for hydroxylation is 1. The molecule has 1 amide bonds. The molecule has 1 aromatic carbocycles. The van der Waals surface area contributed by atoms with Gasteiger partial charge < -0.3 is 25.3 Å². The minimum atomic E-state index is -0.130. The number of guanidine groups is 1. The van der Waals surface area contributed by atoms with Crippen LogP contribution in [0.15, 0.2) is 35.6 Å². The molecule has 0 saturated carbocycles. The van der Waals surface area contributed by atoms with E-state index in [0.29, 0.717) is 31.3 Å². The zero-order valence-electron chi connectivity index (χ0n) is 16.7. The number of carbonyl (C=O) groups excluding carboxylic acids is 1. The van der Waals surface area contributed by atoms with E-state index >= 15 is 0 Å². The first-order chi connectivity index (χ1) is 13.7. The summed E-state index contributed by atoms with van der Waals surface area (Å²) in [5.41, 5.74) is 1.03. The number of amides is 1. The molecule has 0 aliphatic heterocycles. The van der Waals surface area contributed by atoms with Crippen LogP contribution in [0.1, 0.15) is 25.2 Å². The maximum Gasteiger partial charge on any atom is 0.257 e. The van der Waals surface area contributed by atoms with Crippen molar-refractivity contribution in [3.05, 3.63) is 42.0 Å². The van der Waals surface area contributed by atoms with Gasteiger partial charge in [-0.15, -0.1) is 10.2 Å². The highest BCUT2D eigenvalue weighted by Gasteiger charge is 2.04. The van der Waals surface area contributed by atoms with E-state index in [1.807, 2.05) is 35.8 Å². The lowest BCUT2D eigenvalue weighted by Crippen LogP contribution is -2.38. The molecule has 9 nitrogen and oxygen atoms in total. The molecule has 3 N–H and O–H groups in total. The standard InChI is InChI=1S/C19H29N7O2/c1-4-17-25-24-14-26(17)10-9-22-19(20-3)23-12-15-7-6-8-16(11-15)28-13-18(27)21-5-2/h6-8,11,14H,4-5,9-10,12-13H2,1-3H3,(H,21,27)(H2,20,22,23). The largest absolute Gasteiger partial charge is 0.484 e. The topological polar surface area (TPSA) is 105 Å². The molecule has 0 fully saturated rings. The summed E-state index contributed by atoms with van der Waals surface area (Å²) in [6, 6.07) is 7.63. The van der Waals surface area contributed by atoms with Gasteiger partial charge >= 0.3 is 0 Å². The number of ether oxygens (including phenoxy) is 1. The van der Waals surface area contributed by atoms with Crippen molar-refractivity contribution in [3.8, 4) is 5.75 Å². The maximum atomic E-state index is 11.5. The number of likely N-dealkylation sites (N-methyl/N-ethyl adjacent to an activating group) is 1. The molecule has 0 atom stereocenters. The third kappa shape index (κ3) is 6.90. The Morgan fingerprint density at radius 2 is 2.11 bits per heavy atom. The average Bonchev–Trinajstić information content (AvgIpc) is 3.17. The zero-order chi connectivity index (χ0) is 20.2. The monoisotopic (exact) mass is 387 g/mol. The molecular weight excluding hydrogens is 358 g/mol. The molecule has 152 valence electrons. The molecule has 0 unspecified atom stereocenters. The summed E-state index contributed by atoms with van der Waals surface area (Å²) in [7, 11) is 1.73. The Hall–Kier alpha value is -3.10. The van der Waals surface area contributed by atoms with Crippen molar-refractivity contribution in [2.24, 2.45) is 4.99 Å². The molecule has 0 aliphatic carbocycles. The van der Waals surface area contributed by atoms with Crippen LogP contribution in [0.2, 0.25) is 0 Å². The van der Waals surface area contributed by atoms with Crippen molar-refractivity contribution < 1.29 is 9.53 Å². The van der Waals surface area contributed by atoms with E-state index in [0.717, 1.165) is 24.4 Å². The van der Waals surface area contributed by atoms with Gasteiger partial charge in [0.05, 0.1) is 0 Å². The molecule has 1 aromatic heterocycles. The Kier molecular flexibility index (Phi) is 8.77. The van der Waals surface area contributed by atoms with E-state index in [2.05, 4.69) is 38.1 Å². The number of nitrogens with one attached hydrogen (secondary N) is 3. The second kappa shape index (κ2) is 11.6. The molecule has 1 heterocycles. The van der Waals surface area contributed by atoms with E-state index < -0.39 is 0 Å². The first-order valence-corrected chi connectivity index (χ1v) is 9.45. The zero-order valence-corrected chi connectivity index (χ0v) is 16.7. The summed E-state index contributed by atoms with van der Waals surface area (Å²) in [6.45, 7) is 6.60. The van der Waals surface area contributed by atoms with Gasteiger partial charge in [0.25, 0.3) is 5.91 Å². The summed E-state index contributed by atoms with van der Waals surface area (Å²) >= 11 is 0. The number of benzene rings is 1. The van der Waals surface area contributed by atoms with Crippen molar-refractivity contribution in [1.82, 2.24) is 30.7 Å². The number of aromatic nitrogens is 3. The summed E-state index contributed by atoms with van der Waals surface area (Å²) in [5.74, 6) is 2.21. The number of aliphatic imine (C=N–C) groups is 1. The Morgan fingerprint density at radius 1 is 1.25 bits per heavy atom. The number of carbonyl (C=O) groups is 1. The van der Waals surface area contributed by atoms with Gasteiger partial charge in [-0.3, -0.25) is 9.79 Å². The van der Waals surface area contributed by atoms with E-state index in [1.165, 1.54) is 0 Å². The van der Waals surface area contributed by atoms with Gasteiger partial charge in [0.1, 0.15) is 17.9 Å². The summed E-state index contributed by atoms with van der Waals surface area (Å²) in [6.07, 6.45) is 2.59. The molecule has 28 heavy (non-hydrogen) atoms. The second-order valence-corrected chi connectivity index (χ2v) is 6.04. The second-order valence-electron chi connectivity index (χ2n) is 6.04. The number of hydrogen-bond donors (Lipinski definition) is 3. The molecule has 0 radical (unpaired) electrons. The van der Waals surface area contributed by atoms with Crippen LogP contribution in [-0.4, -0.2) is 53.4 Å². The molecule has 0 bridgehead atoms. The summed E-state index contributed by atoms with van der Waals surface area (Å²) in [5, 5.41) is 17.3. The van der Waals surface area contributed by atoms with Crippen LogP contribution < -0.4 is 20.7 Å². The van der Waals surface area contributed by atoms with Crippen LogP contribution in [-0.2, 0) is 24.3 Å². The maximum absolute atomic E-state index is 11.5. The quantitative estimate of drug-likeness (QED) is 0.410. The molecule has 0 spiro atoms. The van der Waals surface area contributed by atoms with Gasteiger partial charge in [0.15, 0.2) is 12.6 Å². The van der Waals surface area contributed by atoms with Crippen molar-refractivity contribution >= 4 is 11.9 Å². The van der Waals surface area contributed by atoms with Crippen LogP contribution in [0.3, 0.4) is 0 Å². The van der Waals surface area contributed by atoms with Crippen LogP contribution in [0.5, 0.6) is 5.75 Å². The first kappa shape index (κ1) is 21.2.